The second-order valence-electron chi connectivity index (χ2n) is 5.63. The van der Waals surface area contributed by atoms with E-state index in [4.69, 9.17) is 18.9 Å². The SMILES string of the molecule is CC(=O)N=c1ccn2c(n1)O[C@H]1[C@H](OC(C)=O)[C@@H](COC(C)=O)O[C@H]12. The maximum Gasteiger partial charge on any atom is 0.303 e. The van der Waals surface area contributed by atoms with E-state index in [1.165, 1.54) is 20.8 Å². The zero-order chi connectivity index (χ0) is 18.1. The third kappa shape index (κ3) is 3.53. The molecule has 1 aromatic heterocycles. The lowest BCUT2D eigenvalue weighted by Crippen LogP contribution is -2.39. The van der Waals surface area contributed by atoms with Crippen molar-refractivity contribution in [2.24, 2.45) is 4.99 Å². The Balaban J connectivity index is 1.86. The number of rotatable bonds is 3. The van der Waals surface area contributed by atoms with Crippen LogP contribution in [0.25, 0.3) is 0 Å². The maximum atomic E-state index is 11.4. The smallest absolute Gasteiger partial charge is 0.303 e. The molecule has 3 heterocycles. The number of esters is 2. The first-order valence-electron chi connectivity index (χ1n) is 7.62. The third-order valence-electron chi connectivity index (χ3n) is 3.64. The number of amides is 1. The summed E-state index contributed by atoms with van der Waals surface area (Å²) >= 11 is 0. The van der Waals surface area contributed by atoms with Gasteiger partial charge in [-0.15, -0.1) is 0 Å². The van der Waals surface area contributed by atoms with Crippen molar-refractivity contribution in [3.8, 4) is 6.01 Å². The van der Waals surface area contributed by atoms with E-state index in [1.54, 1.807) is 16.8 Å². The Morgan fingerprint density at radius 3 is 2.68 bits per heavy atom. The molecule has 134 valence electrons. The Bertz CT molecular complexity index is 788. The van der Waals surface area contributed by atoms with Gasteiger partial charge in [-0.2, -0.15) is 9.98 Å². The van der Waals surface area contributed by atoms with Crippen LogP contribution in [0.3, 0.4) is 0 Å². The molecule has 25 heavy (non-hydrogen) atoms. The number of aromatic nitrogens is 2. The highest BCUT2D eigenvalue weighted by atomic mass is 16.7. The summed E-state index contributed by atoms with van der Waals surface area (Å²) in [5.74, 6) is -1.36. The maximum absolute atomic E-state index is 11.4. The van der Waals surface area contributed by atoms with Crippen LogP contribution < -0.4 is 10.2 Å². The molecule has 1 amide bonds. The van der Waals surface area contributed by atoms with Gasteiger partial charge in [0.25, 0.3) is 0 Å². The van der Waals surface area contributed by atoms with E-state index < -0.39 is 36.5 Å². The number of carbonyl (C=O) groups is 3. The molecule has 0 N–H and O–H groups in total. The van der Waals surface area contributed by atoms with Crippen LogP contribution in [0.4, 0.5) is 0 Å². The zero-order valence-electron chi connectivity index (χ0n) is 13.9. The Labute approximate surface area is 142 Å². The van der Waals surface area contributed by atoms with Crippen molar-refractivity contribution in [2.45, 2.75) is 45.3 Å². The van der Waals surface area contributed by atoms with Gasteiger partial charge in [0.05, 0.1) is 0 Å². The molecule has 1 saturated heterocycles. The molecule has 0 aromatic carbocycles. The van der Waals surface area contributed by atoms with Gasteiger partial charge in [-0.05, 0) is 6.07 Å². The summed E-state index contributed by atoms with van der Waals surface area (Å²) in [6, 6.07) is 1.74. The van der Waals surface area contributed by atoms with E-state index in [0.29, 0.717) is 0 Å². The Kier molecular flexibility index (Phi) is 4.53. The molecule has 2 aliphatic heterocycles. The standard InChI is InChI=1S/C15H17N3O7/c1-7(19)16-11-4-5-18-14-13(25-15(18)17-11)12(23-9(3)21)10(24-14)6-22-8(2)20/h4-5,10,12-14H,6H2,1-3H3/t10-,12-,13+,14-/m1/s1. The molecular weight excluding hydrogens is 334 g/mol. The highest BCUT2D eigenvalue weighted by molar-refractivity contribution is 5.73. The molecular formula is C15H17N3O7. The highest BCUT2D eigenvalue weighted by Crippen LogP contribution is 2.40. The fraction of sp³-hybridized carbons (Fsp3) is 0.533. The van der Waals surface area contributed by atoms with E-state index in [9.17, 15) is 14.4 Å². The van der Waals surface area contributed by atoms with Crippen LogP contribution in [0.15, 0.2) is 17.3 Å². The molecule has 0 aliphatic carbocycles. The molecule has 2 aliphatic rings. The summed E-state index contributed by atoms with van der Waals surface area (Å²) in [5.41, 5.74) is 0.208. The molecule has 10 heteroatoms. The van der Waals surface area contributed by atoms with Crippen LogP contribution >= 0.6 is 0 Å². The minimum absolute atomic E-state index is 0.0648. The van der Waals surface area contributed by atoms with E-state index in [-0.39, 0.29) is 24.0 Å². The first kappa shape index (κ1) is 17.1. The van der Waals surface area contributed by atoms with E-state index in [0.717, 1.165) is 0 Å². The summed E-state index contributed by atoms with van der Waals surface area (Å²) < 4.78 is 23.5. The zero-order valence-corrected chi connectivity index (χ0v) is 13.9. The largest absolute Gasteiger partial charge is 0.463 e. The molecule has 0 spiro atoms. The second-order valence-corrected chi connectivity index (χ2v) is 5.63. The normalized spacial score (nSPS) is 27.2. The lowest BCUT2D eigenvalue weighted by molar-refractivity contribution is -0.157. The van der Waals surface area contributed by atoms with Gasteiger partial charge in [0, 0.05) is 27.0 Å². The lowest BCUT2D eigenvalue weighted by Gasteiger charge is -2.20. The van der Waals surface area contributed by atoms with Crippen LogP contribution in [-0.2, 0) is 28.6 Å². The summed E-state index contributed by atoms with van der Waals surface area (Å²) in [4.78, 5) is 41.4. The Morgan fingerprint density at radius 2 is 2.04 bits per heavy atom. The van der Waals surface area contributed by atoms with Crippen molar-refractivity contribution in [2.75, 3.05) is 6.61 Å². The number of hydrogen-bond acceptors (Lipinski definition) is 8. The average Bonchev–Trinajstić information content (AvgIpc) is 3.00. The Morgan fingerprint density at radius 1 is 1.28 bits per heavy atom. The minimum atomic E-state index is -0.767. The highest BCUT2D eigenvalue weighted by Gasteiger charge is 2.54. The van der Waals surface area contributed by atoms with Gasteiger partial charge in [-0.1, -0.05) is 0 Å². The van der Waals surface area contributed by atoms with Crippen molar-refractivity contribution in [1.29, 1.82) is 0 Å². The predicted molar refractivity (Wildman–Crippen MR) is 79.0 cm³/mol. The van der Waals surface area contributed by atoms with Gasteiger partial charge >= 0.3 is 17.9 Å². The van der Waals surface area contributed by atoms with E-state index in [2.05, 4.69) is 9.98 Å². The molecule has 4 atom stereocenters. The molecule has 1 fully saturated rings. The summed E-state index contributed by atoms with van der Waals surface area (Å²) in [7, 11) is 0. The van der Waals surface area contributed by atoms with Crippen LogP contribution in [0.5, 0.6) is 6.01 Å². The van der Waals surface area contributed by atoms with Gasteiger partial charge < -0.3 is 18.9 Å². The topological polar surface area (TPSA) is 118 Å². The van der Waals surface area contributed by atoms with Crippen LogP contribution in [0, 0.1) is 0 Å². The molecule has 0 saturated carbocycles. The number of carbonyl (C=O) groups excluding carboxylic acids is 3. The van der Waals surface area contributed by atoms with Crippen molar-refractivity contribution < 1.29 is 33.3 Å². The van der Waals surface area contributed by atoms with Crippen molar-refractivity contribution in [3.05, 3.63) is 17.8 Å². The quantitative estimate of drug-likeness (QED) is 0.668. The summed E-state index contributed by atoms with van der Waals surface area (Å²) in [6.07, 6.45) is -1.06. The third-order valence-corrected chi connectivity index (χ3v) is 3.64. The summed E-state index contributed by atoms with van der Waals surface area (Å²) in [6.45, 7) is 3.80. The molecule has 0 unspecified atom stereocenters. The van der Waals surface area contributed by atoms with Gasteiger partial charge in [0.15, 0.2) is 23.9 Å². The molecule has 10 nitrogen and oxygen atoms in total. The number of ether oxygens (including phenoxy) is 4. The van der Waals surface area contributed by atoms with Gasteiger partial charge in [0.2, 0.25) is 5.91 Å². The van der Waals surface area contributed by atoms with Crippen molar-refractivity contribution >= 4 is 17.8 Å². The number of nitrogens with zero attached hydrogens (tertiary/aromatic N) is 3. The fourth-order valence-corrected chi connectivity index (χ4v) is 2.76. The Hall–Kier alpha value is -2.75. The van der Waals surface area contributed by atoms with Gasteiger partial charge in [-0.3, -0.25) is 19.0 Å². The molecule has 3 rings (SSSR count). The minimum Gasteiger partial charge on any atom is -0.463 e. The van der Waals surface area contributed by atoms with Crippen molar-refractivity contribution in [3.63, 3.8) is 0 Å². The average molecular weight is 351 g/mol. The monoisotopic (exact) mass is 351 g/mol. The van der Waals surface area contributed by atoms with Crippen LogP contribution in [0.2, 0.25) is 0 Å². The van der Waals surface area contributed by atoms with Crippen LogP contribution in [-0.4, -0.2) is 52.3 Å². The second kappa shape index (κ2) is 6.63. The molecule has 0 radical (unpaired) electrons. The lowest BCUT2D eigenvalue weighted by atomic mass is 10.1. The van der Waals surface area contributed by atoms with Crippen LogP contribution in [0.1, 0.15) is 27.0 Å². The molecule has 1 aromatic rings. The number of fused-ring (bicyclic) bond motifs is 3. The van der Waals surface area contributed by atoms with Gasteiger partial charge in [0.1, 0.15) is 12.7 Å². The van der Waals surface area contributed by atoms with Gasteiger partial charge in [-0.25, -0.2) is 0 Å². The van der Waals surface area contributed by atoms with Crippen molar-refractivity contribution in [1.82, 2.24) is 9.55 Å². The molecule has 0 bridgehead atoms. The first-order valence-corrected chi connectivity index (χ1v) is 7.62. The fourth-order valence-electron chi connectivity index (χ4n) is 2.76. The van der Waals surface area contributed by atoms with E-state index >= 15 is 0 Å². The first-order chi connectivity index (χ1) is 11.8. The van der Waals surface area contributed by atoms with E-state index in [1.807, 2.05) is 0 Å². The summed E-state index contributed by atoms with van der Waals surface area (Å²) in [5, 5.41) is 0. The predicted octanol–water partition coefficient (Wildman–Crippen LogP) is -0.516. The number of hydrogen-bond donors (Lipinski definition) is 0.